The van der Waals surface area contributed by atoms with Crippen molar-refractivity contribution < 1.29 is 23.7 Å². The number of benzene rings is 1. The molecule has 2 amide bonds. The van der Waals surface area contributed by atoms with Crippen LogP contribution in [-0.2, 0) is 0 Å². The predicted octanol–water partition coefficient (Wildman–Crippen LogP) is 2.92. The van der Waals surface area contributed by atoms with Crippen molar-refractivity contribution in [3.8, 4) is 11.4 Å². The molecule has 0 aliphatic carbocycles. The van der Waals surface area contributed by atoms with E-state index in [1.54, 1.807) is 38.1 Å². The molecular formula is C17H17N5O5. The van der Waals surface area contributed by atoms with Crippen molar-refractivity contribution in [1.82, 2.24) is 20.6 Å². The molecule has 0 saturated carbocycles. The fourth-order valence-electron chi connectivity index (χ4n) is 2.52. The molecule has 10 nitrogen and oxygen atoms in total. The van der Waals surface area contributed by atoms with Crippen LogP contribution in [0.25, 0.3) is 11.4 Å². The highest BCUT2D eigenvalue weighted by Crippen LogP contribution is 2.22. The van der Waals surface area contributed by atoms with Crippen LogP contribution in [-0.4, -0.2) is 32.4 Å². The molecule has 3 aromatic rings. The van der Waals surface area contributed by atoms with Crippen LogP contribution in [0.1, 0.15) is 40.7 Å². The Morgan fingerprint density at radius 2 is 1.96 bits per heavy atom. The third-order valence-electron chi connectivity index (χ3n) is 3.75. The molecule has 0 aliphatic rings. The lowest BCUT2D eigenvalue weighted by Gasteiger charge is -2.13. The van der Waals surface area contributed by atoms with Gasteiger partial charge in [-0.05, 0) is 26.0 Å². The molecule has 1 atom stereocenters. The zero-order valence-corrected chi connectivity index (χ0v) is 14.8. The second kappa shape index (κ2) is 7.28. The van der Waals surface area contributed by atoms with Crippen molar-refractivity contribution >= 4 is 17.7 Å². The van der Waals surface area contributed by atoms with Crippen molar-refractivity contribution in [2.24, 2.45) is 0 Å². The van der Waals surface area contributed by atoms with Crippen molar-refractivity contribution in [3.05, 3.63) is 47.2 Å². The van der Waals surface area contributed by atoms with Crippen molar-refractivity contribution in [1.29, 1.82) is 0 Å². The average Bonchev–Trinajstić information content (AvgIpc) is 3.20. The SMILES string of the molecule is Cc1nc(-c2cccc(NC(=O)N[C@H](C)c3onc(C)c3C(=O)O)c2)no1. The zero-order valence-electron chi connectivity index (χ0n) is 14.8. The molecule has 0 radical (unpaired) electrons. The van der Waals surface area contributed by atoms with Gasteiger partial charge in [-0.15, -0.1) is 0 Å². The Balaban J connectivity index is 1.70. The first kappa shape index (κ1) is 18.1. The van der Waals surface area contributed by atoms with Gasteiger partial charge in [-0.2, -0.15) is 4.98 Å². The molecule has 1 aromatic carbocycles. The van der Waals surface area contributed by atoms with Gasteiger partial charge in [0.25, 0.3) is 0 Å². The minimum Gasteiger partial charge on any atom is -0.477 e. The summed E-state index contributed by atoms with van der Waals surface area (Å²) in [5, 5.41) is 22.0. The topological polar surface area (TPSA) is 143 Å². The van der Waals surface area contributed by atoms with E-state index in [4.69, 9.17) is 9.05 Å². The van der Waals surface area contributed by atoms with Gasteiger partial charge in [-0.25, -0.2) is 9.59 Å². The predicted molar refractivity (Wildman–Crippen MR) is 93.2 cm³/mol. The highest BCUT2D eigenvalue weighted by Gasteiger charge is 2.25. The smallest absolute Gasteiger partial charge is 0.341 e. The van der Waals surface area contributed by atoms with Crippen LogP contribution in [0, 0.1) is 13.8 Å². The van der Waals surface area contributed by atoms with Gasteiger partial charge in [0.2, 0.25) is 11.7 Å². The summed E-state index contributed by atoms with van der Waals surface area (Å²) in [5.74, 6) is -0.244. The number of urea groups is 1. The van der Waals surface area contributed by atoms with Gasteiger partial charge in [0.05, 0.1) is 11.7 Å². The van der Waals surface area contributed by atoms with Gasteiger partial charge >= 0.3 is 12.0 Å². The van der Waals surface area contributed by atoms with Crippen LogP contribution < -0.4 is 10.6 Å². The van der Waals surface area contributed by atoms with Crippen molar-refractivity contribution in [2.75, 3.05) is 5.32 Å². The van der Waals surface area contributed by atoms with Gasteiger partial charge in [0.15, 0.2) is 5.76 Å². The Hall–Kier alpha value is -3.69. The number of amides is 2. The summed E-state index contributed by atoms with van der Waals surface area (Å²) in [6.07, 6.45) is 0. The maximum atomic E-state index is 12.3. The normalized spacial score (nSPS) is 11.8. The van der Waals surface area contributed by atoms with Gasteiger partial charge in [-0.3, -0.25) is 0 Å². The van der Waals surface area contributed by atoms with Crippen molar-refractivity contribution in [2.45, 2.75) is 26.8 Å². The van der Waals surface area contributed by atoms with E-state index >= 15 is 0 Å². The van der Waals surface area contributed by atoms with Crippen molar-refractivity contribution in [3.63, 3.8) is 0 Å². The maximum absolute atomic E-state index is 12.3. The van der Waals surface area contributed by atoms with E-state index in [9.17, 15) is 14.7 Å². The van der Waals surface area contributed by atoms with E-state index in [-0.39, 0.29) is 17.0 Å². The number of hydrogen-bond donors (Lipinski definition) is 3. The summed E-state index contributed by atoms with van der Waals surface area (Å²) in [6.45, 7) is 4.81. The number of nitrogens with one attached hydrogen (secondary N) is 2. The average molecular weight is 371 g/mol. The van der Waals surface area contributed by atoms with Gasteiger partial charge in [0.1, 0.15) is 5.56 Å². The number of carbonyl (C=O) groups excluding carboxylic acids is 1. The molecule has 10 heteroatoms. The first-order chi connectivity index (χ1) is 12.8. The van der Waals surface area contributed by atoms with Crippen LogP contribution in [0.3, 0.4) is 0 Å². The third-order valence-corrected chi connectivity index (χ3v) is 3.75. The number of rotatable bonds is 5. The second-order valence-electron chi connectivity index (χ2n) is 5.85. The summed E-state index contributed by atoms with van der Waals surface area (Å²) in [4.78, 5) is 27.7. The summed E-state index contributed by atoms with van der Waals surface area (Å²) in [6, 6.07) is 5.68. The molecule has 2 aromatic heterocycles. The number of hydrogen-bond acceptors (Lipinski definition) is 7. The molecule has 2 heterocycles. The first-order valence-electron chi connectivity index (χ1n) is 8.03. The lowest BCUT2D eigenvalue weighted by atomic mass is 10.1. The number of carboxylic acid groups (broad SMARTS) is 1. The summed E-state index contributed by atoms with van der Waals surface area (Å²) in [5.41, 5.74) is 1.37. The molecule has 3 rings (SSSR count). The molecule has 0 bridgehead atoms. The second-order valence-corrected chi connectivity index (χ2v) is 5.85. The van der Waals surface area contributed by atoms with E-state index in [1.165, 1.54) is 6.92 Å². The minimum absolute atomic E-state index is 0.0581. The minimum atomic E-state index is -1.17. The number of anilines is 1. The Morgan fingerprint density at radius 1 is 1.19 bits per heavy atom. The molecule has 0 saturated heterocycles. The summed E-state index contributed by atoms with van der Waals surface area (Å²) < 4.78 is 10.00. The zero-order chi connectivity index (χ0) is 19.6. The monoisotopic (exact) mass is 371 g/mol. The van der Waals surface area contributed by atoms with E-state index in [1.807, 2.05) is 0 Å². The third kappa shape index (κ3) is 3.94. The van der Waals surface area contributed by atoms with E-state index in [2.05, 4.69) is 25.9 Å². The first-order valence-corrected chi connectivity index (χ1v) is 8.03. The van der Waals surface area contributed by atoms with E-state index in [0.717, 1.165) is 0 Å². The molecule has 27 heavy (non-hydrogen) atoms. The number of carboxylic acids is 1. The number of aromatic carboxylic acids is 1. The summed E-state index contributed by atoms with van der Waals surface area (Å²) >= 11 is 0. The van der Waals surface area contributed by atoms with Gasteiger partial charge < -0.3 is 24.8 Å². The lowest BCUT2D eigenvalue weighted by molar-refractivity contribution is 0.0692. The highest BCUT2D eigenvalue weighted by molar-refractivity contribution is 5.92. The maximum Gasteiger partial charge on any atom is 0.341 e. The molecule has 140 valence electrons. The van der Waals surface area contributed by atoms with E-state index in [0.29, 0.717) is 23.0 Å². The largest absolute Gasteiger partial charge is 0.477 e. The van der Waals surface area contributed by atoms with Gasteiger partial charge in [-0.1, -0.05) is 22.4 Å². The fourth-order valence-corrected chi connectivity index (χ4v) is 2.52. The standard InChI is InChI=1S/C17H17N5O5/c1-8-13(16(23)24)14(27-21-8)9(2)18-17(25)20-12-6-4-5-11(7-12)15-19-10(3)26-22-15/h4-7,9H,1-3H3,(H,23,24)(H2,18,20,25)/t9-/m1/s1. The number of aryl methyl sites for hydroxylation is 2. The van der Waals surface area contributed by atoms with Crippen LogP contribution in [0.15, 0.2) is 33.3 Å². The molecule has 3 N–H and O–H groups in total. The molecule has 0 spiro atoms. The quantitative estimate of drug-likeness (QED) is 0.621. The molecule has 0 fully saturated rings. The number of aromatic nitrogens is 3. The fraction of sp³-hybridized carbons (Fsp3) is 0.235. The number of carbonyl (C=O) groups is 2. The van der Waals surface area contributed by atoms with Crippen LogP contribution in [0.4, 0.5) is 10.5 Å². The highest BCUT2D eigenvalue weighted by atomic mass is 16.5. The Morgan fingerprint density at radius 3 is 2.63 bits per heavy atom. The van der Waals surface area contributed by atoms with Gasteiger partial charge in [0, 0.05) is 18.2 Å². The molecule has 0 aliphatic heterocycles. The Kier molecular flexibility index (Phi) is 4.88. The van der Waals surface area contributed by atoms with Crippen LogP contribution >= 0.6 is 0 Å². The van der Waals surface area contributed by atoms with E-state index < -0.39 is 18.0 Å². The molecular weight excluding hydrogens is 354 g/mol. The van der Waals surface area contributed by atoms with Crippen LogP contribution in [0.5, 0.6) is 0 Å². The number of nitrogens with zero attached hydrogens (tertiary/aromatic N) is 3. The summed E-state index contributed by atoms with van der Waals surface area (Å²) in [7, 11) is 0. The van der Waals surface area contributed by atoms with Crippen LogP contribution in [0.2, 0.25) is 0 Å². The molecule has 0 unspecified atom stereocenters. The Bertz CT molecular complexity index is 993. The Labute approximate surface area is 153 Å². The lowest BCUT2D eigenvalue weighted by Crippen LogP contribution is -2.31.